The van der Waals surface area contributed by atoms with Crippen molar-refractivity contribution in [3.8, 4) is 10.4 Å². The Bertz CT molecular complexity index is 1410. The van der Waals surface area contributed by atoms with Gasteiger partial charge in [-0.05, 0) is 60.2 Å². The molecule has 6 nitrogen and oxygen atoms in total. The standard InChI is InChI=1S/C24H24ClN3O3S2/c1-3-4-12-33(30,31)27-24(29)18-9-10-21-22(14-18)28(16(2)26-21)15-19-8-7-17(13-20(19)25)23-6-5-11-32-23/h5-11,13-14H,3-4,12,15H2,1-2H3,(H,27,29). The van der Waals surface area contributed by atoms with Gasteiger partial charge < -0.3 is 4.57 Å². The number of hydrogen-bond donors (Lipinski definition) is 1. The van der Waals surface area contributed by atoms with Crippen LogP contribution >= 0.6 is 22.9 Å². The monoisotopic (exact) mass is 501 g/mol. The molecule has 0 unspecified atom stereocenters. The highest BCUT2D eigenvalue weighted by atomic mass is 35.5. The molecule has 172 valence electrons. The van der Waals surface area contributed by atoms with Crippen LogP contribution in [0.2, 0.25) is 5.02 Å². The van der Waals surface area contributed by atoms with Gasteiger partial charge in [0.2, 0.25) is 10.0 Å². The molecule has 1 amide bonds. The fraction of sp³-hybridized carbons (Fsp3) is 0.250. The van der Waals surface area contributed by atoms with Gasteiger partial charge in [-0.1, -0.05) is 43.1 Å². The first kappa shape index (κ1) is 23.5. The van der Waals surface area contributed by atoms with Crippen molar-refractivity contribution in [3.63, 3.8) is 0 Å². The molecule has 1 N–H and O–H groups in total. The van der Waals surface area contributed by atoms with Gasteiger partial charge in [0, 0.05) is 15.5 Å². The highest BCUT2D eigenvalue weighted by Crippen LogP contribution is 2.30. The number of imidazole rings is 1. The molecule has 0 aliphatic rings. The van der Waals surface area contributed by atoms with E-state index in [-0.39, 0.29) is 11.3 Å². The number of halogens is 1. The molecule has 2 aromatic carbocycles. The highest BCUT2D eigenvalue weighted by Gasteiger charge is 2.18. The van der Waals surface area contributed by atoms with E-state index >= 15 is 0 Å². The maximum atomic E-state index is 12.6. The Hall–Kier alpha value is -2.68. The number of hydrogen-bond acceptors (Lipinski definition) is 5. The predicted molar refractivity (Wildman–Crippen MR) is 134 cm³/mol. The molecule has 0 aliphatic carbocycles. The van der Waals surface area contributed by atoms with Crippen LogP contribution in [0.5, 0.6) is 0 Å². The molecule has 0 bridgehead atoms. The number of fused-ring (bicyclic) bond motifs is 1. The largest absolute Gasteiger partial charge is 0.324 e. The lowest BCUT2D eigenvalue weighted by molar-refractivity contribution is 0.0981. The average Bonchev–Trinajstić information content (AvgIpc) is 3.41. The van der Waals surface area contributed by atoms with Gasteiger partial charge in [-0.15, -0.1) is 11.3 Å². The van der Waals surface area contributed by atoms with Crippen LogP contribution in [-0.2, 0) is 16.6 Å². The molecule has 4 rings (SSSR count). The van der Waals surface area contributed by atoms with Crippen LogP contribution in [0.15, 0.2) is 53.9 Å². The highest BCUT2D eigenvalue weighted by molar-refractivity contribution is 7.90. The molecule has 0 atom stereocenters. The summed E-state index contributed by atoms with van der Waals surface area (Å²) in [5.74, 6) is 0.0577. The predicted octanol–water partition coefficient (Wildman–Crippen LogP) is 5.63. The van der Waals surface area contributed by atoms with Crippen LogP contribution < -0.4 is 4.72 Å². The summed E-state index contributed by atoms with van der Waals surface area (Å²) in [5.41, 5.74) is 3.72. The minimum atomic E-state index is -3.66. The lowest BCUT2D eigenvalue weighted by Crippen LogP contribution is -2.32. The van der Waals surface area contributed by atoms with E-state index < -0.39 is 15.9 Å². The third kappa shape index (κ3) is 5.29. The summed E-state index contributed by atoms with van der Waals surface area (Å²) in [5, 5.41) is 2.68. The molecular formula is C24H24ClN3O3S2. The van der Waals surface area contributed by atoms with Crippen LogP contribution in [-0.4, -0.2) is 29.6 Å². The van der Waals surface area contributed by atoms with Crippen LogP contribution in [0, 0.1) is 6.92 Å². The molecule has 4 aromatic rings. The summed E-state index contributed by atoms with van der Waals surface area (Å²) in [6.45, 7) is 4.27. The Kier molecular flexibility index (Phi) is 6.88. The number of nitrogens with one attached hydrogen (secondary N) is 1. The molecule has 0 aliphatic heterocycles. The molecule has 0 fully saturated rings. The minimum absolute atomic E-state index is 0.0749. The molecule has 2 aromatic heterocycles. The summed E-state index contributed by atoms with van der Waals surface area (Å²) in [4.78, 5) is 18.3. The van der Waals surface area contributed by atoms with Gasteiger partial charge in [0.15, 0.2) is 0 Å². The van der Waals surface area contributed by atoms with Gasteiger partial charge in [0.05, 0.1) is 23.3 Å². The molecule has 2 heterocycles. The van der Waals surface area contributed by atoms with Crippen LogP contribution in [0.1, 0.15) is 41.5 Å². The lowest BCUT2D eigenvalue weighted by Gasteiger charge is -2.11. The van der Waals surface area contributed by atoms with E-state index in [2.05, 4.69) is 15.8 Å². The quantitative estimate of drug-likeness (QED) is 0.339. The fourth-order valence-corrected chi connectivity index (χ4v) is 5.75. The van der Waals surface area contributed by atoms with Gasteiger partial charge in [0.1, 0.15) is 5.82 Å². The van der Waals surface area contributed by atoms with Gasteiger partial charge in [-0.25, -0.2) is 18.1 Å². The zero-order valence-electron chi connectivity index (χ0n) is 18.3. The third-order valence-electron chi connectivity index (χ3n) is 5.40. The molecular weight excluding hydrogens is 478 g/mol. The number of nitrogens with zero attached hydrogens (tertiary/aromatic N) is 2. The average molecular weight is 502 g/mol. The first-order valence-corrected chi connectivity index (χ1v) is 13.5. The van der Waals surface area contributed by atoms with Crippen molar-refractivity contribution < 1.29 is 13.2 Å². The number of benzene rings is 2. The number of unbranched alkanes of at least 4 members (excludes halogenated alkanes) is 1. The van der Waals surface area contributed by atoms with Gasteiger partial charge in [-0.3, -0.25) is 4.79 Å². The molecule has 0 saturated carbocycles. The van der Waals surface area contributed by atoms with Crippen molar-refractivity contribution in [1.82, 2.24) is 14.3 Å². The summed E-state index contributed by atoms with van der Waals surface area (Å²) >= 11 is 8.26. The van der Waals surface area contributed by atoms with E-state index in [4.69, 9.17) is 11.6 Å². The summed E-state index contributed by atoms with van der Waals surface area (Å²) in [6.07, 6.45) is 1.23. The van der Waals surface area contributed by atoms with Crippen molar-refractivity contribution >= 4 is 49.9 Å². The molecule has 0 saturated heterocycles. The van der Waals surface area contributed by atoms with Crippen LogP contribution in [0.25, 0.3) is 21.5 Å². The minimum Gasteiger partial charge on any atom is -0.324 e. The summed E-state index contributed by atoms with van der Waals surface area (Å²) in [7, 11) is -3.66. The smallest absolute Gasteiger partial charge is 0.264 e. The number of carbonyl (C=O) groups is 1. The van der Waals surface area contributed by atoms with Gasteiger partial charge in [0.25, 0.3) is 5.91 Å². The second-order valence-electron chi connectivity index (χ2n) is 7.84. The van der Waals surface area contributed by atoms with Crippen LogP contribution in [0.4, 0.5) is 0 Å². The third-order valence-corrected chi connectivity index (χ3v) is 8.00. The van der Waals surface area contributed by atoms with Crippen molar-refractivity contribution in [2.45, 2.75) is 33.2 Å². The Labute approximate surface area is 202 Å². The molecule has 33 heavy (non-hydrogen) atoms. The zero-order chi connectivity index (χ0) is 23.6. The number of amides is 1. The van der Waals surface area contributed by atoms with Crippen molar-refractivity contribution in [2.75, 3.05) is 5.75 Å². The summed E-state index contributed by atoms with van der Waals surface area (Å²) in [6, 6.07) is 15.1. The SMILES string of the molecule is CCCCS(=O)(=O)NC(=O)c1ccc2nc(C)n(Cc3ccc(-c4cccs4)cc3Cl)c2c1. The first-order chi connectivity index (χ1) is 15.8. The lowest BCUT2D eigenvalue weighted by atomic mass is 10.1. The maximum Gasteiger partial charge on any atom is 0.264 e. The van der Waals surface area contributed by atoms with Gasteiger partial charge in [-0.2, -0.15) is 0 Å². The normalized spacial score (nSPS) is 11.7. The van der Waals surface area contributed by atoms with E-state index in [1.165, 1.54) is 0 Å². The van der Waals surface area contributed by atoms with Crippen molar-refractivity contribution in [1.29, 1.82) is 0 Å². The van der Waals surface area contributed by atoms with E-state index in [0.717, 1.165) is 39.3 Å². The summed E-state index contributed by atoms with van der Waals surface area (Å²) < 4.78 is 28.4. The number of rotatable bonds is 8. The van der Waals surface area contributed by atoms with E-state index in [9.17, 15) is 13.2 Å². The van der Waals surface area contributed by atoms with E-state index in [0.29, 0.717) is 18.0 Å². The topological polar surface area (TPSA) is 81.1 Å². The number of aromatic nitrogens is 2. The van der Waals surface area contributed by atoms with Crippen LogP contribution in [0.3, 0.4) is 0 Å². The second kappa shape index (κ2) is 9.67. The zero-order valence-corrected chi connectivity index (χ0v) is 20.7. The molecule has 0 spiro atoms. The molecule has 9 heteroatoms. The Morgan fingerprint density at radius 3 is 2.70 bits per heavy atom. The Balaban J connectivity index is 1.62. The number of sulfonamides is 1. The van der Waals surface area contributed by atoms with E-state index in [1.807, 2.05) is 48.1 Å². The van der Waals surface area contributed by atoms with Crippen molar-refractivity contribution in [3.05, 3.63) is 75.9 Å². The van der Waals surface area contributed by atoms with E-state index in [1.54, 1.807) is 29.5 Å². The Morgan fingerprint density at radius 1 is 1.18 bits per heavy atom. The first-order valence-electron chi connectivity index (χ1n) is 10.6. The van der Waals surface area contributed by atoms with Crippen molar-refractivity contribution in [2.24, 2.45) is 0 Å². The maximum absolute atomic E-state index is 12.6. The number of carbonyl (C=O) groups excluding carboxylic acids is 1. The number of aryl methyl sites for hydroxylation is 1. The van der Waals surface area contributed by atoms with Gasteiger partial charge >= 0.3 is 0 Å². The Morgan fingerprint density at radius 2 is 2.00 bits per heavy atom. The number of thiophene rings is 1. The second-order valence-corrected chi connectivity index (χ2v) is 11.0. The fourth-order valence-electron chi connectivity index (χ4n) is 3.61. The molecule has 0 radical (unpaired) electrons.